The smallest absolute Gasteiger partial charge is 0.319 e. The fourth-order valence-electron chi connectivity index (χ4n) is 3.17. The average Bonchev–Trinajstić information content (AvgIpc) is 2.85. The molecule has 0 radical (unpaired) electrons. The van der Waals surface area contributed by atoms with E-state index in [2.05, 4.69) is 21.3 Å². The van der Waals surface area contributed by atoms with E-state index >= 15 is 0 Å². The standard InChI is InChI=1S/C27H30N4O3/c1-28-18-19-29-26(32)17-14-23(20-21-8-4-2-5-9-21)31-27(33)30-22-12-15-25(16-13-22)34-24-10-6-3-7-11-24/h2-17,23,28H,18-20H2,1H3,(H,29,32)(H2,30,31,33)/b17-14+. The SMILES string of the molecule is CNCCNC(=O)/C=C/C(Cc1ccccc1)NC(=O)Nc1ccc(Oc2ccccc2)cc1. The summed E-state index contributed by atoms with van der Waals surface area (Å²) >= 11 is 0. The number of ether oxygens (including phenoxy) is 1. The number of nitrogens with one attached hydrogen (secondary N) is 4. The second kappa shape index (κ2) is 13.4. The van der Waals surface area contributed by atoms with Gasteiger partial charge < -0.3 is 26.0 Å². The van der Waals surface area contributed by atoms with E-state index in [0.717, 1.165) is 11.3 Å². The van der Waals surface area contributed by atoms with Crippen molar-refractivity contribution in [1.82, 2.24) is 16.0 Å². The van der Waals surface area contributed by atoms with E-state index in [9.17, 15) is 9.59 Å². The summed E-state index contributed by atoms with van der Waals surface area (Å²) in [5.74, 6) is 1.21. The van der Waals surface area contributed by atoms with Crippen molar-refractivity contribution in [3.8, 4) is 11.5 Å². The van der Waals surface area contributed by atoms with Crippen LogP contribution in [0.4, 0.5) is 10.5 Å². The van der Waals surface area contributed by atoms with Gasteiger partial charge in [0.25, 0.3) is 0 Å². The van der Waals surface area contributed by atoms with Crippen LogP contribution < -0.4 is 26.0 Å². The van der Waals surface area contributed by atoms with E-state index < -0.39 is 0 Å². The molecule has 3 amide bonds. The lowest BCUT2D eigenvalue weighted by Gasteiger charge is -2.16. The normalized spacial score (nSPS) is 11.6. The zero-order chi connectivity index (χ0) is 24.0. The molecule has 0 aromatic heterocycles. The molecule has 0 fully saturated rings. The largest absolute Gasteiger partial charge is 0.457 e. The molecule has 0 bridgehead atoms. The summed E-state index contributed by atoms with van der Waals surface area (Å²) in [5, 5.41) is 11.5. The predicted octanol–water partition coefficient (Wildman–Crippen LogP) is 4.10. The van der Waals surface area contributed by atoms with Crippen LogP contribution in [0.15, 0.2) is 97.1 Å². The number of hydrogen-bond donors (Lipinski definition) is 4. The van der Waals surface area contributed by atoms with Crippen molar-refractivity contribution in [2.75, 3.05) is 25.5 Å². The monoisotopic (exact) mass is 458 g/mol. The highest BCUT2D eigenvalue weighted by Crippen LogP contribution is 2.22. The Labute approximate surface area is 200 Å². The van der Waals surface area contributed by atoms with Crippen molar-refractivity contribution in [1.29, 1.82) is 0 Å². The molecule has 3 aromatic rings. The van der Waals surface area contributed by atoms with E-state index in [1.165, 1.54) is 6.08 Å². The molecule has 3 aromatic carbocycles. The molecule has 0 saturated carbocycles. The van der Waals surface area contributed by atoms with Crippen LogP contribution in [-0.4, -0.2) is 38.1 Å². The van der Waals surface area contributed by atoms with E-state index in [-0.39, 0.29) is 18.0 Å². The number of anilines is 1. The van der Waals surface area contributed by atoms with Crippen LogP contribution in [-0.2, 0) is 11.2 Å². The molecule has 7 nitrogen and oxygen atoms in total. The Kier molecular flexibility index (Phi) is 9.71. The number of rotatable bonds is 11. The van der Waals surface area contributed by atoms with Gasteiger partial charge in [-0.2, -0.15) is 0 Å². The minimum atomic E-state index is -0.363. The first-order valence-corrected chi connectivity index (χ1v) is 11.2. The third kappa shape index (κ3) is 8.80. The maximum atomic E-state index is 12.6. The predicted molar refractivity (Wildman–Crippen MR) is 135 cm³/mol. The van der Waals surface area contributed by atoms with Crippen LogP contribution in [0.25, 0.3) is 0 Å². The molecule has 0 aliphatic rings. The minimum Gasteiger partial charge on any atom is -0.457 e. The molecule has 3 rings (SSSR count). The first-order valence-electron chi connectivity index (χ1n) is 11.2. The Bertz CT molecular complexity index is 1050. The van der Waals surface area contributed by atoms with Crippen molar-refractivity contribution >= 4 is 17.6 Å². The zero-order valence-electron chi connectivity index (χ0n) is 19.2. The molecule has 1 unspecified atom stereocenters. The number of carbonyl (C=O) groups is 2. The third-order valence-electron chi connectivity index (χ3n) is 4.86. The Morgan fingerprint density at radius 1 is 0.853 bits per heavy atom. The van der Waals surface area contributed by atoms with Crippen LogP contribution in [0, 0.1) is 0 Å². The molecular formula is C27H30N4O3. The maximum Gasteiger partial charge on any atom is 0.319 e. The van der Waals surface area contributed by atoms with E-state index in [1.54, 1.807) is 30.3 Å². The average molecular weight is 459 g/mol. The fourth-order valence-corrected chi connectivity index (χ4v) is 3.17. The summed E-state index contributed by atoms with van der Waals surface area (Å²) in [4.78, 5) is 24.7. The summed E-state index contributed by atoms with van der Waals surface area (Å²) < 4.78 is 5.78. The lowest BCUT2D eigenvalue weighted by molar-refractivity contribution is -0.116. The maximum absolute atomic E-state index is 12.6. The van der Waals surface area contributed by atoms with Gasteiger partial charge in [-0.3, -0.25) is 4.79 Å². The van der Waals surface area contributed by atoms with Crippen molar-refractivity contribution in [2.24, 2.45) is 0 Å². The molecule has 0 spiro atoms. The molecule has 1 atom stereocenters. The molecule has 34 heavy (non-hydrogen) atoms. The molecule has 0 saturated heterocycles. The summed E-state index contributed by atoms with van der Waals surface area (Å²) in [7, 11) is 1.82. The van der Waals surface area contributed by atoms with E-state index in [4.69, 9.17) is 4.74 Å². The fraction of sp³-hybridized carbons (Fsp3) is 0.185. The Balaban J connectivity index is 1.58. The second-order valence-corrected chi connectivity index (χ2v) is 7.59. The van der Waals surface area contributed by atoms with E-state index in [0.29, 0.717) is 30.9 Å². The molecule has 0 aliphatic heterocycles. The summed E-state index contributed by atoms with van der Waals surface area (Å²) in [6, 6.07) is 25.7. The number of carbonyl (C=O) groups excluding carboxylic acids is 2. The molecule has 0 heterocycles. The number of urea groups is 1. The van der Waals surface area contributed by atoms with Gasteiger partial charge >= 0.3 is 6.03 Å². The number of hydrogen-bond acceptors (Lipinski definition) is 4. The topological polar surface area (TPSA) is 91.5 Å². The molecular weight excluding hydrogens is 428 g/mol. The van der Waals surface area contributed by atoms with Gasteiger partial charge in [0.1, 0.15) is 11.5 Å². The highest BCUT2D eigenvalue weighted by atomic mass is 16.5. The van der Waals surface area contributed by atoms with Gasteiger partial charge in [-0.15, -0.1) is 0 Å². The summed E-state index contributed by atoms with van der Waals surface area (Å²) in [6.07, 6.45) is 3.72. The molecule has 176 valence electrons. The van der Waals surface area contributed by atoms with Gasteiger partial charge in [0.2, 0.25) is 5.91 Å². The lowest BCUT2D eigenvalue weighted by atomic mass is 10.1. The van der Waals surface area contributed by atoms with Crippen molar-refractivity contribution in [3.05, 3.63) is 103 Å². The van der Waals surface area contributed by atoms with Crippen LogP contribution in [0.1, 0.15) is 5.56 Å². The van der Waals surface area contributed by atoms with Crippen LogP contribution >= 0.6 is 0 Å². The Morgan fingerprint density at radius 3 is 2.18 bits per heavy atom. The minimum absolute atomic E-state index is 0.204. The number of likely N-dealkylation sites (N-methyl/N-ethyl adjacent to an activating group) is 1. The quantitative estimate of drug-likeness (QED) is 0.257. The van der Waals surface area contributed by atoms with Crippen LogP contribution in [0.2, 0.25) is 0 Å². The van der Waals surface area contributed by atoms with Crippen LogP contribution in [0.5, 0.6) is 11.5 Å². The Hall–Kier alpha value is -4.10. The highest BCUT2D eigenvalue weighted by molar-refractivity contribution is 5.90. The van der Waals surface area contributed by atoms with Crippen molar-refractivity contribution in [3.63, 3.8) is 0 Å². The van der Waals surface area contributed by atoms with Crippen LogP contribution in [0.3, 0.4) is 0 Å². The molecule has 0 aliphatic carbocycles. The first kappa shape index (κ1) is 24.5. The highest BCUT2D eigenvalue weighted by Gasteiger charge is 2.11. The van der Waals surface area contributed by atoms with E-state index in [1.807, 2.05) is 67.7 Å². The number of benzene rings is 3. The third-order valence-corrected chi connectivity index (χ3v) is 4.86. The lowest BCUT2D eigenvalue weighted by Crippen LogP contribution is -2.38. The van der Waals surface area contributed by atoms with Gasteiger partial charge in [-0.05, 0) is 55.4 Å². The Morgan fingerprint density at radius 2 is 1.50 bits per heavy atom. The van der Waals surface area contributed by atoms with Crippen molar-refractivity contribution in [2.45, 2.75) is 12.5 Å². The zero-order valence-corrected chi connectivity index (χ0v) is 19.2. The van der Waals surface area contributed by atoms with Gasteiger partial charge in [-0.1, -0.05) is 54.6 Å². The van der Waals surface area contributed by atoms with Gasteiger partial charge in [0.15, 0.2) is 0 Å². The number of amides is 3. The summed E-state index contributed by atoms with van der Waals surface area (Å²) in [5.41, 5.74) is 1.68. The summed E-state index contributed by atoms with van der Waals surface area (Å²) in [6.45, 7) is 1.21. The molecule has 4 N–H and O–H groups in total. The number of para-hydroxylation sites is 1. The van der Waals surface area contributed by atoms with Gasteiger partial charge in [0.05, 0.1) is 6.04 Å². The second-order valence-electron chi connectivity index (χ2n) is 7.59. The van der Waals surface area contributed by atoms with Crippen molar-refractivity contribution < 1.29 is 14.3 Å². The van der Waals surface area contributed by atoms with Gasteiger partial charge in [-0.25, -0.2) is 4.79 Å². The first-order chi connectivity index (χ1) is 16.6. The van der Waals surface area contributed by atoms with Gasteiger partial charge in [0, 0.05) is 24.9 Å². The molecule has 7 heteroatoms.